The third-order valence-electron chi connectivity index (χ3n) is 1.62. The average molecular weight is 208 g/mol. The van der Waals surface area contributed by atoms with E-state index in [2.05, 4.69) is 0 Å². The first kappa shape index (κ1) is 12.6. The van der Waals surface area contributed by atoms with Gasteiger partial charge in [-0.2, -0.15) is 0 Å². The summed E-state index contributed by atoms with van der Waals surface area (Å²) in [7, 11) is 0. The quantitative estimate of drug-likeness (QED) is 0.526. The second-order valence-corrected chi connectivity index (χ2v) is 3.74. The van der Waals surface area contributed by atoms with Gasteiger partial charge in [-0.1, -0.05) is 13.8 Å². The summed E-state index contributed by atoms with van der Waals surface area (Å²) in [5.41, 5.74) is 0. The fourth-order valence-corrected chi connectivity index (χ4v) is 1.56. The highest BCUT2D eigenvalue weighted by atomic mass is 32.2. The maximum atomic E-state index is 11.2. The Kier molecular flexibility index (Phi) is 6.80. The van der Waals surface area contributed by atoms with Gasteiger partial charge in [-0.15, -0.1) is 0 Å². The van der Waals surface area contributed by atoms with Crippen LogP contribution in [0.4, 0.5) is 0 Å². The SMILES string of the molecule is CCCOC(=O)C(CC)CS(=O)O. The van der Waals surface area contributed by atoms with Crippen LogP contribution in [0.25, 0.3) is 0 Å². The van der Waals surface area contributed by atoms with E-state index in [1.54, 1.807) is 6.92 Å². The normalized spacial score (nSPS) is 15.0. The number of hydrogen-bond donors (Lipinski definition) is 1. The molecular formula is C8H16O4S. The third-order valence-corrected chi connectivity index (χ3v) is 2.31. The highest BCUT2D eigenvalue weighted by Crippen LogP contribution is 2.06. The maximum Gasteiger partial charge on any atom is 0.309 e. The Bertz CT molecular complexity index is 181. The molecule has 0 fully saturated rings. The van der Waals surface area contributed by atoms with Crippen molar-refractivity contribution in [3.63, 3.8) is 0 Å². The van der Waals surface area contributed by atoms with Crippen molar-refractivity contribution in [1.82, 2.24) is 0 Å². The van der Waals surface area contributed by atoms with Crippen LogP contribution in [0.3, 0.4) is 0 Å². The molecule has 0 rings (SSSR count). The molecule has 0 spiro atoms. The van der Waals surface area contributed by atoms with Gasteiger partial charge in [0.1, 0.15) is 0 Å². The molecule has 0 heterocycles. The van der Waals surface area contributed by atoms with Gasteiger partial charge in [0.2, 0.25) is 0 Å². The van der Waals surface area contributed by atoms with Crippen molar-refractivity contribution in [1.29, 1.82) is 0 Å². The molecule has 78 valence electrons. The van der Waals surface area contributed by atoms with Crippen LogP contribution < -0.4 is 0 Å². The van der Waals surface area contributed by atoms with Crippen molar-refractivity contribution in [2.45, 2.75) is 26.7 Å². The van der Waals surface area contributed by atoms with Crippen LogP contribution >= 0.6 is 0 Å². The Morgan fingerprint density at radius 2 is 2.15 bits per heavy atom. The Balaban J connectivity index is 3.92. The molecule has 0 aromatic heterocycles. The highest BCUT2D eigenvalue weighted by Gasteiger charge is 2.19. The lowest BCUT2D eigenvalue weighted by molar-refractivity contribution is -0.147. The van der Waals surface area contributed by atoms with Crippen LogP contribution in [0.15, 0.2) is 0 Å². The first-order chi connectivity index (χ1) is 6.11. The number of carbonyl (C=O) groups excluding carboxylic acids is 1. The molecule has 13 heavy (non-hydrogen) atoms. The van der Waals surface area contributed by atoms with Gasteiger partial charge in [-0.3, -0.25) is 4.79 Å². The van der Waals surface area contributed by atoms with Crippen LogP contribution in [0.1, 0.15) is 26.7 Å². The van der Waals surface area contributed by atoms with E-state index in [1.165, 1.54) is 0 Å². The van der Waals surface area contributed by atoms with E-state index in [4.69, 9.17) is 9.29 Å². The summed E-state index contributed by atoms with van der Waals surface area (Å²) in [6, 6.07) is 0. The van der Waals surface area contributed by atoms with Crippen molar-refractivity contribution >= 4 is 17.0 Å². The zero-order chi connectivity index (χ0) is 10.3. The molecule has 0 bridgehead atoms. The minimum Gasteiger partial charge on any atom is -0.465 e. The molecule has 0 aliphatic carbocycles. The molecule has 0 aromatic rings. The summed E-state index contributed by atoms with van der Waals surface area (Å²) in [4.78, 5) is 11.2. The van der Waals surface area contributed by atoms with Gasteiger partial charge in [0.25, 0.3) is 0 Å². The molecule has 1 N–H and O–H groups in total. The van der Waals surface area contributed by atoms with E-state index in [-0.39, 0.29) is 11.7 Å². The first-order valence-corrected chi connectivity index (χ1v) is 5.63. The van der Waals surface area contributed by atoms with E-state index in [0.717, 1.165) is 6.42 Å². The zero-order valence-corrected chi connectivity index (χ0v) is 8.80. The molecule has 5 heteroatoms. The second-order valence-electron chi connectivity index (χ2n) is 2.76. The number of rotatable bonds is 6. The fourth-order valence-electron chi connectivity index (χ4n) is 0.845. The van der Waals surface area contributed by atoms with Gasteiger partial charge in [-0.05, 0) is 12.8 Å². The molecule has 0 amide bonds. The summed E-state index contributed by atoms with van der Waals surface area (Å²) in [6.07, 6.45) is 1.30. The molecule has 4 nitrogen and oxygen atoms in total. The van der Waals surface area contributed by atoms with Crippen LogP contribution in [0.2, 0.25) is 0 Å². The summed E-state index contributed by atoms with van der Waals surface area (Å²) >= 11 is -1.92. The standard InChI is InChI=1S/C8H16O4S/c1-3-5-12-8(9)7(4-2)6-13(10)11/h7H,3-6H2,1-2H3,(H,10,11). The van der Waals surface area contributed by atoms with Crippen molar-refractivity contribution in [2.75, 3.05) is 12.4 Å². The smallest absolute Gasteiger partial charge is 0.309 e. The molecule has 2 unspecified atom stereocenters. The lowest BCUT2D eigenvalue weighted by Gasteiger charge is -2.11. The van der Waals surface area contributed by atoms with Crippen LogP contribution in [0.5, 0.6) is 0 Å². The van der Waals surface area contributed by atoms with Crippen molar-refractivity contribution < 1.29 is 18.3 Å². The van der Waals surface area contributed by atoms with E-state index in [1.807, 2.05) is 6.92 Å². The largest absolute Gasteiger partial charge is 0.465 e. The van der Waals surface area contributed by atoms with Crippen LogP contribution in [-0.4, -0.2) is 27.1 Å². The predicted octanol–water partition coefficient (Wildman–Crippen LogP) is 1.19. The summed E-state index contributed by atoms with van der Waals surface area (Å²) in [5.74, 6) is -0.844. The number of carbonyl (C=O) groups is 1. The summed E-state index contributed by atoms with van der Waals surface area (Å²) in [5, 5.41) is 0. The number of esters is 1. The van der Waals surface area contributed by atoms with E-state index >= 15 is 0 Å². The Labute approximate surface area is 80.9 Å². The molecule has 0 radical (unpaired) electrons. The number of hydrogen-bond acceptors (Lipinski definition) is 3. The fraction of sp³-hybridized carbons (Fsp3) is 0.875. The van der Waals surface area contributed by atoms with Gasteiger partial charge in [0.05, 0.1) is 18.3 Å². The lowest BCUT2D eigenvalue weighted by Crippen LogP contribution is -2.23. The monoisotopic (exact) mass is 208 g/mol. The van der Waals surface area contributed by atoms with E-state index < -0.39 is 17.0 Å². The van der Waals surface area contributed by atoms with Gasteiger partial charge in [-0.25, -0.2) is 4.21 Å². The van der Waals surface area contributed by atoms with Gasteiger partial charge in [0.15, 0.2) is 11.1 Å². The molecular weight excluding hydrogens is 192 g/mol. The Hall–Kier alpha value is -0.420. The molecule has 2 atom stereocenters. The number of ether oxygens (including phenoxy) is 1. The van der Waals surface area contributed by atoms with Crippen LogP contribution in [0, 0.1) is 5.92 Å². The lowest BCUT2D eigenvalue weighted by atomic mass is 10.1. The minimum atomic E-state index is -1.92. The van der Waals surface area contributed by atoms with E-state index in [0.29, 0.717) is 13.0 Å². The van der Waals surface area contributed by atoms with Crippen molar-refractivity contribution in [3.8, 4) is 0 Å². The van der Waals surface area contributed by atoms with Gasteiger partial charge < -0.3 is 9.29 Å². The molecule has 0 saturated heterocycles. The van der Waals surface area contributed by atoms with E-state index in [9.17, 15) is 9.00 Å². The topological polar surface area (TPSA) is 63.6 Å². The zero-order valence-electron chi connectivity index (χ0n) is 7.99. The Morgan fingerprint density at radius 1 is 1.54 bits per heavy atom. The second kappa shape index (κ2) is 7.03. The highest BCUT2D eigenvalue weighted by molar-refractivity contribution is 7.79. The molecule has 0 saturated carbocycles. The van der Waals surface area contributed by atoms with Gasteiger partial charge in [0, 0.05) is 0 Å². The average Bonchev–Trinajstić information content (AvgIpc) is 2.09. The third kappa shape index (κ3) is 5.76. The summed E-state index contributed by atoms with van der Waals surface area (Å²) < 4.78 is 23.9. The van der Waals surface area contributed by atoms with Gasteiger partial charge >= 0.3 is 5.97 Å². The molecule has 0 aliphatic heterocycles. The van der Waals surface area contributed by atoms with Crippen molar-refractivity contribution in [2.24, 2.45) is 5.92 Å². The molecule has 0 aliphatic rings. The van der Waals surface area contributed by atoms with Crippen molar-refractivity contribution in [3.05, 3.63) is 0 Å². The van der Waals surface area contributed by atoms with Crippen LogP contribution in [-0.2, 0) is 20.6 Å². The maximum absolute atomic E-state index is 11.2. The Morgan fingerprint density at radius 3 is 2.54 bits per heavy atom. The predicted molar refractivity (Wildman–Crippen MR) is 50.7 cm³/mol. The molecule has 0 aromatic carbocycles. The summed E-state index contributed by atoms with van der Waals surface area (Å²) in [6.45, 7) is 4.08. The minimum absolute atomic E-state index is 0.0287. The first-order valence-electron chi connectivity index (χ1n) is 4.35.